The minimum absolute atomic E-state index is 0.0502. The first-order valence-electron chi connectivity index (χ1n) is 4.23. The van der Waals surface area contributed by atoms with Gasteiger partial charge in [0.1, 0.15) is 0 Å². The second-order valence-corrected chi connectivity index (χ2v) is 3.24. The Labute approximate surface area is 76.1 Å². The Kier molecular flexibility index (Phi) is 1.98. The van der Waals surface area contributed by atoms with E-state index in [-0.39, 0.29) is 11.8 Å². The van der Waals surface area contributed by atoms with Crippen LogP contribution < -0.4 is 11.3 Å². The summed E-state index contributed by atoms with van der Waals surface area (Å²) in [6.07, 6.45) is 4.41. The molecule has 0 radical (unpaired) electrons. The summed E-state index contributed by atoms with van der Waals surface area (Å²) in [5, 5.41) is 0. The van der Waals surface area contributed by atoms with Crippen molar-refractivity contribution < 1.29 is 4.79 Å². The van der Waals surface area contributed by atoms with Gasteiger partial charge in [0.2, 0.25) is 5.91 Å². The fraction of sp³-hybridized carbons (Fsp3) is 0.333. The number of hydrazine groups is 1. The van der Waals surface area contributed by atoms with Crippen LogP contribution in [0.1, 0.15) is 17.9 Å². The number of carbonyl (C=O) groups excluding carboxylic acids is 1. The number of hydrogen-bond donors (Lipinski definition) is 2. The minimum atomic E-state index is -0.0751. The smallest absolute Gasteiger partial charge is 0.237 e. The molecule has 13 heavy (non-hydrogen) atoms. The van der Waals surface area contributed by atoms with Gasteiger partial charge in [-0.15, -0.1) is 0 Å². The van der Waals surface area contributed by atoms with Gasteiger partial charge in [0, 0.05) is 18.3 Å². The van der Waals surface area contributed by atoms with Crippen molar-refractivity contribution in [2.24, 2.45) is 11.8 Å². The maximum absolute atomic E-state index is 11.1. The molecule has 0 aliphatic heterocycles. The van der Waals surface area contributed by atoms with Gasteiger partial charge < -0.3 is 0 Å². The lowest BCUT2D eigenvalue weighted by atomic mass is 10.1. The molecule has 0 aromatic carbocycles. The molecule has 4 heteroatoms. The number of nitrogens with zero attached hydrogens (tertiary/aromatic N) is 1. The molecule has 1 aliphatic carbocycles. The number of nitrogens with one attached hydrogen (secondary N) is 1. The van der Waals surface area contributed by atoms with Gasteiger partial charge in [-0.3, -0.25) is 15.2 Å². The van der Waals surface area contributed by atoms with Crippen LogP contribution in [0.15, 0.2) is 24.5 Å². The predicted molar refractivity (Wildman–Crippen MR) is 47.4 cm³/mol. The first-order valence-corrected chi connectivity index (χ1v) is 4.23. The molecule has 0 spiro atoms. The number of hydrogen-bond acceptors (Lipinski definition) is 3. The quantitative estimate of drug-likeness (QED) is 0.384. The minimum Gasteiger partial charge on any atom is -0.294 e. The van der Waals surface area contributed by atoms with Gasteiger partial charge in [-0.2, -0.15) is 0 Å². The van der Waals surface area contributed by atoms with E-state index in [1.807, 2.05) is 12.1 Å². The van der Waals surface area contributed by atoms with E-state index < -0.39 is 0 Å². The zero-order valence-corrected chi connectivity index (χ0v) is 7.10. The van der Waals surface area contributed by atoms with Crippen LogP contribution in [0.4, 0.5) is 0 Å². The van der Waals surface area contributed by atoms with E-state index in [4.69, 9.17) is 5.84 Å². The van der Waals surface area contributed by atoms with E-state index in [1.54, 1.807) is 12.4 Å². The van der Waals surface area contributed by atoms with Crippen LogP contribution in [0.25, 0.3) is 0 Å². The number of rotatable bonds is 2. The van der Waals surface area contributed by atoms with Crippen molar-refractivity contribution in [2.45, 2.75) is 12.3 Å². The van der Waals surface area contributed by atoms with E-state index in [0.717, 1.165) is 12.0 Å². The van der Waals surface area contributed by atoms with Gasteiger partial charge in [0.15, 0.2) is 0 Å². The highest BCUT2D eigenvalue weighted by Crippen LogP contribution is 2.46. The highest BCUT2D eigenvalue weighted by molar-refractivity contribution is 5.82. The standard InChI is InChI=1S/C9H11N3O/c10-12-9(13)8-4-7(8)6-2-1-3-11-5-6/h1-3,5,7-8H,4,10H2,(H,12,13)/t7-,8-/m1/s1. The van der Waals surface area contributed by atoms with Crippen LogP contribution in [0, 0.1) is 5.92 Å². The average molecular weight is 177 g/mol. The number of pyridine rings is 1. The van der Waals surface area contributed by atoms with Crippen molar-refractivity contribution in [2.75, 3.05) is 0 Å². The molecule has 1 aromatic heterocycles. The fourth-order valence-electron chi connectivity index (χ4n) is 1.56. The Morgan fingerprint density at radius 1 is 1.69 bits per heavy atom. The third-order valence-electron chi connectivity index (χ3n) is 2.38. The monoisotopic (exact) mass is 177 g/mol. The molecule has 2 rings (SSSR count). The molecule has 68 valence electrons. The Balaban J connectivity index is 2.04. The first-order chi connectivity index (χ1) is 6.33. The lowest BCUT2D eigenvalue weighted by Gasteiger charge is -1.98. The van der Waals surface area contributed by atoms with Gasteiger partial charge in [0.25, 0.3) is 0 Å². The zero-order valence-electron chi connectivity index (χ0n) is 7.10. The Morgan fingerprint density at radius 3 is 3.15 bits per heavy atom. The van der Waals surface area contributed by atoms with Gasteiger partial charge >= 0.3 is 0 Å². The van der Waals surface area contributed by atoms with Crippen LogP contribution in [-0.2, 0) is 4.79 Å². The molecule has 1 fully saturated rings. The maximum atomic E-state index is 11.1. The summed E-state index contributed by atoms with van der Waals surface area (Å²) in [5.41, 5.74) is 3.29. The number of nitrogens with two attached hydrogens (primary N) is 1. The molecule has 0 saturated heterocycles. The van der Waals surface area contributed by atoms with Crippen molar-refractivity contribution in [1.29, 1.82) is 0 Å². The lowest BCUT2D eigenvalue weighted by Crippen LogP contribution is -2.31. The highest BCUT2D eigenvalue weighted by Gasteiger charge is 2.43. The largest absolute Gasteiger partial charge is 0.294 e. The lowest BCUT2D eigenvalue weighted by molar-refractivity contribution is -0.122. The number of amides is 1. The van der Waals surface area contributed by atoms with Crippen molar-refractivity contribution in [3.05, 3.63) is 30.1 Å². The zero-order chi connectivity index (χ0) is 9.26. The number of aromatic nitrogens is 1. The Hall–Kier alpha value is -1.42. The molecule has 4 nitrogen and oxygen atoms in total. The van der Waals surface area contributed by atoms with Crippen molar-refractivity contribution in [1.82, 2.24) is 10.4 Å². The SMILES string of the molecule is NNC(=O)[C@@H]1C[C@@H]1c1cccnc1. The van der Waals surface area contributed by atoms with E-state index >= 15 is 0 Å². The van der Waals surface area contributed by atoms with Gasteiger partial charge in [-0.05, 0) is 24.0 Å². The van der Waals surface area contributed by atoms with Crippen LogP contribution >= 0.6 is 0 Å². The molecule has 1 saturated carbocycles. The normalized spacial score (nSPS) is 25.3. The molecule has 1 heterocycles. The maximum Gasteiger partial charge on any atom is 0.237 e. The van der Waals surface area contributed by atoms with E-state index in [9.17, 15) is 4.79 Å². The summed E-state index contributed by atoms with van der Waals surface area (Å²) in [4.78, 5) is 15.1. The second-order valence-electron chi connectivity index (χ2n) is 3.24. The molecule has 1 amide bonds. The molecular formula is C9H11N3O. The van der Waals surface area contributed by atoms with Gasteiger partial charge in [-0.25, -0.2) is 5.84 Å². The molecule has 2 atom stereocenters. The van der Waals surface area contributed by atoms with Crippen LogP contribution in [0.3, 0.4) is 0 Å². The predicted octanol–water partition coefficient (Wildman–Crippen LogP) is 0.175. The third kappa shape index (κ3) is 1.53. The van der Waals surface area contributed by atoms with Crippen molar-refractivity contribution >= 4 is 5.91 Å². The average Bonchev–Trinajstić information content (AvgIpc) is 2.98. The molecule has 1 aromatic rings. The molecule has 1 aliphatic rings. The summed E-state index contributed by atoms with van der Waals surface area (Å²) < 4.78 is 0. The van der Waals surface area contributed by atoms with Gasteiger partial charge in [-0.1, -0.05) is 6.07 Å². The molecule has 3 N–H and O–H groups in total. The van der Waals surface area contributed by atoms with Crippen LogP contribution in [0.2, 0.25) is 0 Å². The highest BCUT2D eigenvalue weighted by atomic mass is 16.2. The van der Waals surface area contributed by atoms with E-state index in [2.05, 4.69) is 10.4 Å². The summed E-state index contributed by atoms with van der Waals surface area (Å²) in [6.45, 7) is 0. The first kappa shape index (κ1) is 8.19. The fourth-order valence-corrected chi connectivity index (χ4v) is 1.56. The van der Waals surface area contributed by atoms with Crippen LogP contribution in [-0.4, -0.2) is 10.9 Å². The second kappa shape index (κ2) is 3.14. The molecule has 0 bridgehead atoms. The van der Waals surface area contributed by atoms with Gasteiger partial charge in [0.05, 0.1) is 0 Å². The summed E-state index contributed by atoms with van der Waals surface area (Å²) in [6, 6.07) is 3.87. The Morgan fingerprint density at radius 2 is 2.54 bits per heavy atom. The van der Waals surface area contributed by atoms with Crippen LogP contribution in [0.5, 0.6) is 0 Å². The topological polar surface area (TPSA) is 68.0 Å². The third-order valence-corrected chi connectivity index (χ3v) is 2.38. The van der Waals surface area contributed by atoms with Crippen molar-refractivity contribution in [3.8, 4) is 0 Å². The molecular weight excluding hydrogens is 166 g/mol. The summed E-state index contributed by atoms with van der Waals surface area (Å²) in [5.74, 6) is 5.33. The van der Waals surface area contributed by atoms with E-state index in [1.165, 1.54) is 0 Å². The Bertz CT molecular complexity index is 312. The molecule has 0 unspecified atom stereocenters. The van der Waals surface area contributed by atoms with Crippen molar-refractivity contribution in [3.63, 3.8) is 0 Å². The summed E-state index contributed by atoms with van der Waals surface area (Å²) in [7, 11) is 0. The number of carbonyl (C=O) groups is 1. The summed E-state index contributed by atoms with van der Waals surface area (Å²) >= 11 is 0. The van der Waals surface area contributed by atoms with E-state index in [0.29, 0.717) is 5.92 Å².